The molecule has 38 heavy (non-hydrogen) atoms. The Morgan fingerprint density at radius 3 is 2.66 bits per heavy atom. The van der Waals surface area contributed by atoms with Gasteiger partial charge in [-0.1, -0.05) is 68.8 Å². The first-order chi connectivity index (χ1) is 17.7. The lowest BCUT2D eigenvalue weighted by atomic mass is 9.62. The van der Waals surface area contributed by atoms with Gasteiger partial charge in [-0.15, -0.1) is 0 Å². The van der Waals surface area contributed by atoms with E-state index in [1.54, 1.807) is 31.2 Å². The highest BCUT2D eigenvalue weighted by Gasteiger charge is 2.64. The fraction of sp³-hybridized carbons (Fsp3) is 0.483. The molecule has 204 valence electrons. The molecule has 0 saturated heterocycles. The highest BCUT2D eigenvalue weighted by atomic mass is 35.5. The third-order valence-electron chi connectivity index (χ3n) is 7.43. The van der Waals surface area contributed by atoms with Gasteiger partial charge in [-0.25, -0.2) is 4.39 Å². The number of hydrogen-bond acceptors (Lipinski definition) is 4. The van der Waals surface area contributed by atoms with E-state index in [4.69, 9.17) is 28.2 Å². The first-order valence-electron chi connectivity index (χ1n) is 12.7. The van der Waals surface area contributed by atoms with E-state index >= 15 is 0 Å². The van der Waals surface area contributed by atoms with Gasteiger partial charge in [0.1, 0.15) is 17.8 Å². The number of hydrogen-bond donors (Lipinski definition) is 3. The van der Waals surface area contributed by atoms with Gasteiger partial charge in [0.05, 0.1) is 17.6 Å². The van der Waals surface area contributed by atoms with Crippen molar-refractivity contribution in [2.45, 2.75) is 70.1 Å². The number of nitrogens with one attached hydrogen (secondary N) is 2. The van der Waals surface area contributed by atoms with Gasteiger partial charge in [0.2, 0.25) is 5.91 Å². The van der Waals surface area contributed by atoms with E-state index in [9.17, 15) is 19.1 Å². The number of aliphatic hydroxyl groups is 1. The van der Waals surface area contributed by atoms with E-state index in [1.165, 1.54) is 6.08 Å². The maximum Gasteiger partial charge on any atom is 0.266 e. The maximum absolute atomic E-state index is 14.0. The minimum atomic E-state index is -1.24. The third-order valence-corrected chi connectivity index (χ3v) is 7.89. The van der Waals surface area contributed by atoms with Crippen molar-refractivity contribution in [2.24, 2.45) is 16.3 Å². The number of fused-ring (bicyclic) bond motifs is 2. The van der Waals surface area contributed by atoms with Crippen molar-refractivity contribution in [3.05, 3.63) is 64.2 Å². The lowest BCUT2D eigenvalue weighted by Crippen LogP contribution is -2.56. The quantitative estimate of drug-likeness (QED) is 0.376. The number of rotatable bonds is 7. The van der Waals surface area contributed by atoms with Gasteiger partial charge in [0.25, 0.3) is 5.91 Å². The molecule has 1 aliphatic carbocycles. The molecule has 3 N–H and O–H groups in total. The SMILES string of the molecule is C=C(/C=C\C=C(\Cl)CF)[C@H]1C(C(=O)N[C@H]2C[C@@](C)(O)C2)=N[C@H](CC(C)(C)C)[C@]12C(=O)Nc1cc(Cl)ccc12. The molecule has 6 nitrogen and oxygen atoms in total. The Labute approximate surface area is 233 Å². The zero-order valence-corrected chi connectivity index (χ0v) is 23.6. The largest absolute Gasteiger partial charge is 0.390 e. The average Bonchev–Trinajstić information content (AvgIpc) is 3.26. The third kappa shape index (κ3) is 5.33. The lowest BCUT2D eigenvalue weighted by molar-refractivity contribution is -0.122. The van der Waals surface area contributed by atoms with Crippen LogP contribution in [0.25, 0.3) is 0 Å². The van der Waals surface area contributed by atoms with E-state index in [0.717, 1.165) is 0 Å². The number of anilines is 1. The number of allylic oxidation sites excluding steroid dienone is 5. The Kier molecular flexibility index (Phi) is 7.69. The number of benzene rings is 1. The summed E-state index contributed by atoms with van der Waals surface area (Å²) in [7, 11) is 0. The number of amides is 2. The Balaban J connectivity index is 1.84. The van der Waals surface area contributed by atoms with E-state index in [2.05, 4.69) is 38.0 Å². The molecule has 1 aromatic rings. The van der Waals surface area contributed by atoms with Crippen LogP contribution in [-0.4, -0.2) is 47.0 Å². The predicted molar refractivity (Wildman–Crippen MR) is 151 cm³/mol. The predicted octanol–water partition coefficient (Wildman–Crippen LogP) is 5.64. The minimum Gasteiger partial charge on any atom is -0.390 e. The number of carbonyl (C=O) groups is 2. The number of halogens is 3. The summed E-state index contributed by atoms with van der Waals surface area (Å²) in [4.78, 5) is 32.7. The van der Waals surface area contributed by atoms with E-state index < -0.39 is 35.6 Å². The van der Waals surface area contributed by atoms with Crippen molar-refractivity contribution in [3.8, 4) is 0 Å². The molecule has 1 spiro atoms. The van der Waals surface area contributed by atoms with Crippen LogP contribution in [0.2, 0.25) is 5.02 Å². The summed E-state index contributed by atoms with van der Waals surface area (Å²) in [5.74, 6) is -1.47. The average molecular weight is 563 g/mol. The smallest absolute Gasteiger partial charge is 0.266 e. The van der Waals surface area contributed by atoms with E-state index in [1.807, 2.05) is 6.07 Å². The first-order valence-corrected chi connectivity index (χ1v) is 13.4. The highest BCUT2D eigenvalue weighted by Crippen LogP contribution is 2.55. The Morgan fingerprint density at radius 1 is 1.37 bits per heavy atom. The first kappa shape index (κ1) is 28.5. The van der Waals surface area contributed by atoms with Crippen LogP contribution >= 0.6 is 23.2 Å². The fourth-order valence-electron chi connectivity index (χ4n) is 5.92. The second kappa shape index (κ2) is 10.2. The molecule has 2 aliphatic heterocycles. The van der Waals surface area contributed by atoms with Gasteiger partial charge >= 0.3 is 0 Å². The normalized spacial score (nSPS) is 30.7. The molecular weight excluding hydrogens is 528 g/mol. The summed E-state index contributed by atoms with van der Waals surface area (Å²) in [5, 5.41) is 16.6. The van der Waals surface area contributed by atoms with Gasteiger partial charge in [0, 0.05) is 21.8 Å². The van der Waals surface area contributed by atoms with Crippen molar-refractivity contribution in [1.82, 2.24) is 5.32 Å². The molecule has 2 amide bonds. The van der Waals surface area contributed by atoms with E-state index in [0.29, 0.717) is 41.1 Å². The summed E-state index contributed by atoms with van der Waals surface area (Å²) in [5.41, 5.74) is -0.309. The number of carbonyl (C=O) groups excluding carboxylic acids is 2. The van der Waals surface area contributed by atoms with Crippen LogP contribution in [0.4, 0.5) is 10.1 Å². The molecule has 0 bridgehead atoms. The van der Waals surface area contributed by atoms with Gasteiger partial charge in [-0.05, 0) is 60.9 Å². The molecule has 0 unspecified atom stereocenters. The monoisotopic (exact) mass is 561 g/mol. The molecule has 4 rings (SSSR count). The highest BCUT2D eigenvalue weighted by molar-refractivity contribution is 6.42. The summed E-state index contributed by atoms with van der Waals surface area (Å²) in [6, 6.07) is 4.48. The zero-order chi connectivity index (χ0) is 28.0. The summed E-state index contributed by atoms with van der Waals surface area (Å²) in [6.07, 6.45) is 6.01. The minimum absolute atomic E-state index is 0.0167. The van der Waals surface area contributed by atoms with Crippen molar-refractivity contribution in [1.29, 1.82) is 0 Å². The van der Waals surface area contributed by atoms with Crippen molar-refractivity contribution >= 4 is 46.4 Å². The van der Waals surface area contributed by atoms with Crippen molar-refractivity contribution in [3.63, 3.8) is 0 Å². The molecule has 3 aliphatic rings. The van der Waals surface area contributed by atoms with Crippen LogP contribution in [0.5, 0.6) is 0 Å². The standard InChI is InChI=1S/C29H34Cl2FN3O3/c1-16(7-6-8-18(31)15-32)23-24(25(36)33-19-12-28(5,38)13-19)35-22(14-27(2,3)4)29(23)20-10-9-17(30)11-21(20)34-26(29)37/h6-11,19,22-23,38H,1,12-15H2,2-5H3,(H,33,36)(H,34,37)/b7-6-,18-8+/t19-,22-,23+,28+,29+/m1/s1. The van der Waals surface area contributed by atoms with Gasteiger partial charge in [-0.2, -0.15) is 0 Å². The van der Waals surface area contributed by atoms with Crippen LogP contribution in [0.1, 0.15) is 52.5 Å². The summed E-state index contributed by atoms with van der Waals surface area (Å²) < 4.78 is 12.9. The van der Waals surface area contributed by atoms with Crippen LogP contribution < -0.4 is 10.6 Å². The topological polar surface area (TPSA) is 90.8 Å². The summed E-state index contributed by atoms with van der Waals surface area (Å²) >= 11 is 12.1. The molecule has 1 saturated carbocycles. The molecule has 2 heterocycles. The molecule has 1 fully saturated rings. The number of aliphatic imine (C=N–C) groups is 1. The molecule has 9 heteroatoms. The maximum atomic E-state index is 14.0. The van der Waals surface area contributed by atoms with Crippen LogP contribution in [0.3, 0.4) is 0 Å². The number of alkyl halides is 1. The van der Waals surface area contributed by atoms with Crippen molar-refractivity contribution < 1.29 is 19.1 Å². The second-order valence-corrected chi connectivity index (χ2v) is 12.9. The Morgan fingerprint density at radius 2 is 2.05 bits per heavy atom. The van der Waals surface area contributed by atoms with Crippen LogP contribution in [0, 0.1) is 11.3 Å². The van der Waals surface area contributed by atoms with Crippen molar-refractivity contribution in [2.75, 3.05) is 12.0 Å². The molecule has 3 atom stereocenters. The van der Waals surface area contributed by atoms with Gasteiger partial charge < -0.3 is 15.7 Å². The second-order valence-electron chi connectivity index (χ2n) is 12.0. The lowest BCUT2D eigenvalue weighted by Gasteiger charge is -2.41. The number of nitrogens with zero attached hydrogens (tertiary/aromatic N) is 1. The van der Waals surface area contributed by atoms with Gasteiger partial charge in [0.15, 0.2) is 0 Å². The van der Waals surface area contributed by atoms with Gasteiger partial charge in [-0.3, -0.25) is 14.6 Å². The Hall–Kier alpha value is -2.48. The van der Waals surface area contributed by atoms with E-state index in [-0.39, 0.29) is 28.1 Å². The van der Waals surface area contributed by atoms with Crippen LogP contribution in [-0.2, 0) is 15.0 Å². The molecule has 0 aromatic heterocycles. The molecule has 1 aromatic carbocycles. The Bertz CT molecular complexity index is 1260. The zero-order valence-electron chi connectivity index (χ0n) is 22.1. The molecule has 0 radical (unpaired) electrons. The fourth-order valence-corrected chi connectivity index (χ4v) is 6.17. The van der Waals surface area contributed by atoms with Crippen LogP contribution in [0.15, 0.2) is 58.6 Å². The molecular formula is C29H34Cl2FN3O3. The summed E-state index contributed by atoms with van der Waals surface area (Å²) in [6.45, 7) is 11.4.